The predicted octanol–water partition coefficient (Wildman–Crippen LogP) is 17.9. The predicted molar refractivity (Wildman–Crippen MR) is 346 cm³/mol. The number of aromatic nitrogens is 2. The molecule has 420 valence electrons. The molecule has 2 aromatic heterocycles. The van der Waals surface area contributed by atoms with Gasteiger partial charge in [-0.2, -0.15) is 0 Å². The van der Waals surface area contributed by atoms with Crippen LogP contribution in [0.2, 0.25) is 0 Å². The summed E-state index contributed by atoms with van der Waals surface area (Å²) in [6.45, 7) is 30.0. The summed E-state index contributed by atoms with van der Waals surface area (Å²) in [5, 5.41) is 1.30. The van der Waals surface area contributed by atoms with Crippen LogP contribution in [0, 0.1) is 18.8 Å². The van der Waals surface area contributed by atoms with Crippen LogP contribution in [0.15, 0.2) is 194 Å². The van der Waals surface area contributed by atoms with E-state index in [-0.39, 0.29) is 42.7 Å². The summed E-state index contributed by atoms with van der Waals surface area (Å²) in [5.41, 5.74) is 17.4. The monoisotopic (exact) mass is 1330 g/mol. The van der Waals surface area contributed by atoms with Gasteiger partial charge in [-0.25, -0.2) is 0 Å². The first-order chi connectivity index (χ1) is 39.2. The molecule has 4 heterocycles. The van der Waals surface area contributed by atoms with E-state index < -0.39 is 13.3 Å². The van der Waals surface area contributed by atoms with E-state index in [1.165, 1.54) is 74.3 Å². The maximum absolute atomic E-state index is 7.27. The van der Waals surface area contributed by atoms with Crippen LogP contribution < -0.4 is 27.7 Å². The molecule has 0 bridgehead atoms. The number of hydrogen-bond donors (Lipinski definition) is 0. The maximum atomic E-state index is 7.27. The molecule has 0 amide bonds. The van der Waals surface area contributed by atoms with E-state index in [0.717, 1.165) is 40.5 Å². The van der Waals surface area contributed by atoms with Crippen molar-refractivity contribution >= 4 is 66.2 Å². The normalized spacial score (nSPS) is 15.4. The third kappa shape index (κ3) is 9.74. The van der Waals surface area contributed by atoms with Crippen molar-refractivity contribution in [3.63, 3.8) is 0 Å². The zero-order valence-electron chi connectivity index (χ0n) is 49.9. The number of allylic oxidation sites excluding steroid dienone is 1. The minimum absolute atomic E-state index is 0. The summed E-state index contributed by atoms with van der Waals surface area (Å²) in [6.07, 6.45) is 7.68. The number of benzene rings is 8. The van der Waals surface area contributed by atoms with E-state index in [9.17, 15) is 0 Å². The molecule has 83 heavy (non-hydrogen) atoms. The zero-order chi connectivity index (χ0) is 57.1. The van der Waals surface area contributed by atoms with Crippen LogP contribution in [0.3, 0.4) is 0 Å². The molecule has 0 saturated heterocycles. The fourth-order valence-electron chi connectivity index (χ4n) is 13.1. The van der Waals surface area contributed by atoms with Gasteiger partial charge in [0.15, 0.2) is 0 Å². The van der Waals surface area contributed by atoms with Crippen molar-refractivity contribution in [3.05, 3.63) is 247 Å². The fraction of sp³-hybridized carbons (Fsp3) is 0.237. The quantitative estimate of drug-likeness (QED) is 0.107. The average Bonchev–Trinajstić information content (AvgIpc) is 2.32. The van der Waals surface area contributed by atoms with Crippen molar-refractivity contribution in [3.8, 4) is 39.6 Å². The number of rotatable bonds is 9. The Morgan fingerprint density at radius 1 is 0.530 bits per heavy atom. The second kappa shape index (κ2) is 20.9. The van der Waals surface area contributed by atoms with E-state index in [0.29, 0.717) is 16.2 Å². The number of ether oxygens (including phenoxy) is 1. The molecule has 0 saturated carbocycles. The van der Waals surface area contributed by atoms with E-state index >= 15 is 0 Å². The molecule has 0 radical (unpaired) electrons. The van der Waals surface area contributed by atoms with Crippen molar-refractivity contribution < 1.29 is 25.8 Å². The minimum Gasteiger partial charge on any atom is -0.0561 e. The Labute approximate surface area is 509 Å². The second-order valence-corrected chi connectivity index (χ2v) is 35.4. The van der Waals surface area contributed by atoms with Crippen molar-refractivity contribution in [2.24, 2.45) is 0 Å². The molecule has 7 heteroatoms. The molecule has 1 aliphatic carbocycles. The first-order valence-corrected chi connectivity index (χ1v) is 33.6. The van der Waals surface area contributed by atoms with Crippen molar-refractivity contribution in [2.45, 2.75) is 116 Å². The van der Waals surface area contributed by atoms with Crippen LogP contribution in [0.4, 0.5) is 22.7 Å². The summed E-state index contributed by atoms with van der Waals surface area (Å²) < 4.78 is 14.2. The van der Waals surface area contributed by atoms with Gasteiger partial charge in [0.1, 0.15) is 0 Å². The smallest absolute Gasteiger partial charge is 0 e. The summed E-state index contributed by atoms with van der Waals surface area (Å²) in [6, 6.07) is 75.5. The summed E-state index contributed by atoms with van der Waals surface area (Å²) in [5.74, 6) is 2.18. The summed E-state index contributed by atoms with van der Waals surface area (Å²) in [7, 11) is 0. The number of anilines is 4. The molecule has 0 fully saturated rings. The van der Waals surface area contributed by atoms with Gasteiger partial charge in [0.2, 0.25) is 0 Å². The molecule has 3 aliphatic rings. The van der Waals surface area contributed by atoms with E-state index in [1.807, 2.05) is 12.3 Å². The molecule has 0 N–H and O–H groups in total. The van der Waals surface area contributed by atoms with Crippen molar-refractivity contribution in [2.75, 3.05) is 9.80 Å². The van der Waals surface area contributed by atoms with Crippen molar-refractivity contribution in [1.29, 1.82) is 0 Å². The molecular weight excluding hydrogens is 1250 g/mol. The molecule has 1 atom stereocenters. The number of nitrogens with zero attached hydrogens (tertiary/aromatic N) is 4. The minimum atomic E-state index is -3.58. The Kier molecular flexibility index (Phi) is 14.1. The van der Waals surface area contributed by atoms with Crippen LogP contribution in [-0.4, -0.2) is 22.8 Å². The molecular formula is C76H73GeN4OPt-3. The van der Waals surface area contributed by atoms with Gasteiger partial charge >= 0.3 is 325 Å². The van der Waals surface area contributed by atoms with Gasteiger partial charge in [-0.15, -0.1) is 0 Å². The molecule has 5 nitrogen and oxygen atoms in total. The first kappa shape index (κ1) is 56.3. The standard InChI is InChI=1S/C76H73GeN4O.Pt/c1-73(2,3)52-38-39-78-69(45-52)81-67-37-25-34-63-70(67)71-64(77(63,56-28-18-14-19-29-56)57-30-20-15-21-31-57)47-60(48-68(71)81)82-59-33-24-32-58(46-59)79-49-80(66-36-23-22-35-65(66)79)72-61(50-26-16-13-17-27-50)43-55(76(10,11)12)44-62(72)51-40-53(74(4,5)6)42-54(41-51)75(7,8)9;/h13-33,35-45,47,49,63H,34H2,1-12H3;/q-3;. The Morgan fingerprint density at radius 3 is 1.69 bits per heavy atom. The van der Waals surface area contributed by atoms with Gasteiger partial charge in [-0.05, 0) is 56.2 Å². The van der Waals surface area contributed by atoms with Gasteiger partial charge in [0, 0.05) is 21.1 Å². The number of pyridine rings is 1. The van der Waals surface area contributed by atoms with Crippen LogP contribution in [0.5, 0.6) is 11.5 Å². The van der Waals surface area contributed by atoms with Gasteiger partial charge in [0.25, 0.3) is 0 Å². The average molecular weight is 1330 g/mol. The Morgan fingerprint density at radius 2 is 1.08 bits per heavy atom. The second-order valence-electron chi connectivity index (χ2n) is 27.0. The maximum Gasteiger partial charge on any atom is 0 e. The molecule has 0 spiro atoms. The van der Waals surface area contributed by atoms with Gasteiger partial charge < -0.3 is 0 Å². The van der Waals surface area contributed by atoms with E-state index in [1.54, 1.807) is 0 Å². The van der Waals surface area contributed by atoms with E-state index in [4.69, 9.17) is 9.72 Å². The SMILES string of the molecule is CC(C)(C)c1cc(-c2cc(C(C)(C)C)cc(-c3ccccc3)c2N2[CH-]N(c3[c-]c(Oc4[c-]c5c6[c](c4)[Ge]([c]4ccccc4)([c]4ccccc4)[CH]4CC=Cc(c64)n5-c4cc(C(C)(C)C)ccn4)ccc3)c3ccccc32)cc(C(C)(C)C)c1.[Pt]. The summed E-state index contributed by atoms with van der Waals surface area (Å²) >= 11 is -3.58. The zero-order valence-corrected chi connectivity index (χ0v) is 54.3. The Balaban J connectivity index is 0.00000680. The van der Waals surface area contributed by atoms with Gasteiger partial charge in [-0.3, -0.25) is 0 Å². The molecule has 8 aromatic carbocycles. The van der Waals surface area contributed by atoms with Crippen LogP contribution in [-0.2, 0) is 42.7 Å². The number of fused-ring (bicyclic) bond motifs is 1. The fourth-order valence-corrected chi connectivity index (χ4v) is 25.2. The Hall–Kier alpha value is -7.18. The molecule has 2 aliphatic heterocycles. The van der Waals surface area contributed by atoms with Crippen LogP contribution >= 0.6 is 0 Å². The molecule has 13 rings (SSSR count). The first-order valence-electron chi connectivity index (χ1n) is 29.2. The number of para-hydroxylation sites is 2. The van der Waals surface area contributed by atoms with Gasteiger partial charge in [-0.1, -0.05) is 111 Å². The van der Waals surface area contributed by atoms with Crippen molar-refractivity contribution in [1.82, 2.24) is 9.55 Å². The third-order valence-corrected chi connectivity index (χ3v) is 28.5. The molecule has 1 unspecified atom stereocenters. The van der Waals surface area contributed by atoms with Crippen LogP contribution in [0.1, 0.15) is 128 Å². The summed E-state index contributed by atoms with van der Waals surface area (Å²) in [4.78, 5) is 9.82. The largest absolute Gasteiger partial charge is 0.0561 e. The Bertz CT molecular complexity index is 4060. The van der Waals surface area contributed by atoms with Gasteiger partial charge in [0.05, 0.1) is 0 Å². The topological polar surface area (TPSA) is 33.5 Å². The molecule has 10 aromatic rings. The third-order valence-electron chi connectivity index (χ3n) is 17.4. The van der Waals surface area contributed by atoms with Crippen LogP contribution in [0.25, 0.3) is 45.1 Å². The van der Waals surface area contributed by atoms with E-state index in [2.05, 4.69) is 304 Å². The number of hydrogen-bond acceptors (Lipinski definition) is 4.